The lowest BCUT2D eigenvalue weighted by Crippen LogP contribution is -2.49. The van der Waals surface area contributed by atoms with Crippen molar-refractivity contribution in [2.45, 2.75) is 71.3 Å². The van der Waals surface area contributed by atoms with E-state index in [0.29, 0.717) is 5.41 Å². The monoisotopic (exact) mass is 311 g/mol. The van der Waals surface area contributed by atoms with Gasteiger partial charge in [0, 0.05) is 6.08 Å². The van der Waals surface area contributed by atoms with E-state index in [4.69, 9.17) is 5.26 Å². The first-order valence-corrected chi connectivity index (χ1v) is 9.46. The molecular formula is C21H29NO. The normalized spacial score (nSPS) is 50.5. The average molecular weight is 311 g/mol. The highest BCUT2D eigenvalue weighted by atomic mass is 16.3. The van der Waals surface area contributed by atoms with Crippen LogP contribution in [0.1, 0.15) is 65.2 Å². The van der Waals surface area contributed by atoms with Gasteiger partial charge in [-0.3, -0.25) is 0 Å². The minimum absolute atomic E-state index is 0.114. The third-order valence-corrected chi connectivity index (χ3v) is 8.16. The number of aliphatic hydroxyl groups excluding tert-OH is 1. The predicted molar refractivity (Wildman–Crippen MR) is 91.4 cm³/mol. The van der Waals surface area contributed by atoms with Gasteiger partial charge in [0.1, 0.15) is 0 Å². The van der Waals surface area contributed by atoms with Gasteiger partial charge in [0.05, 0.1) is 12.2 Å². The van der Waals surface area contributed by atoms with E-state index < -0.39 is 0 Å². The van der Waals surface area contributed by atoms with Gasteiger partial charge >= 0.3 is 0 Å². The second kappa shape index (κ2) is 5.21. The molecule has 3 saturated carbocycles. The zero-order chi connectivity index (χ0) is 16.2. The van der Waals surface area contributed by atoms with Crippen molar-refractivity contribution in [1.29, 1.82) is 5.26 Å². The van der Waals surface area contributed by atoms with Crippen molar-refractivity contribution in [3.8, 4) is 6.07 Å². The number of hydrogen-bond acceptors (Lipinski definition) is 2. The summed E-state index contributed by atoms with van der Waals surface area (Å²) in [5.41, 5.74) is 3.56. The van der Waals surface area contributed by atoms with Crippen LogP contribution in [0, 0.1) is 39.9 Å². The van der Waals surface area contributed by atoms with E-state index >= 15 is 0 Å². The van der Waals surface area contributed by atoms with E-state index in [1.54, 1.807) is 5.57 Å². The molecule has 2 nitrogen and oxygen atoms in total. The molecule has 1 N–H and O–H groups in total. The van der Waals surface area contributed by atoms with Crippen LogP contribution in [0.25, 0.3) is 0 Å². The van der Waals surface area contributed by atoms with Gasteiger partial charge in [-0.15, -0.1) is 0 Å². The van der Waals surface area contributed by atoms with Crippen LogP contribution >= 0.6 is 0 Å². The number of hydrogen-bond donors (Lipinski definition) is 1. The Morgan fingerprint density at radius 1 is 1.17 bits per heavy atom. The average Bonchev–Trinajstić information content (AvgIpc) is 2.85. The molecule has 0 bridgehead atoms. The van der Waals surface area contributed by atoms with Gasteiger partial charge in [-0.05, 0) is 80.0 Å². The first-order chi connectivity index (χ1) is 11.0. The van der Waals surface area contributed by atoms with Crippen LogP contribution in [0.2, 0.25) is 0 Å². The van der Waals surface area contributed by atoms with E-state index in [9.17, 15) is 5.11 Å². The maximum Gasteiger partial charge on any atom is 0.0911 e. The summed E-state index contributed by atoms with van der Waals surface area (Å²) in [5, 5.41) is 19.2. The van der Waals surface area contributed by atoms with Crippen LogP contribution < -0.4 is 0 Å². The van der Waals surface area contributed by atoms with E-state index in [2.05, 4.69) is 26.0 Å². The van der Waals surface area contributed by atoms with Gasteiger partial charge < -0.3 is 5.11 Å². The highest BCUT2D eigenvalue weighted by molar-refractivity contribution is 5.31. The Hall–Kier alpha value is -1.07. The maximum absolute atomic E-state index is 10.1. The molecule has 23 heavy (non-hydrogen) atoms. The van der Waals surface area contributed by atoms with Crippen LogP contribution in [-0.2, 0) is 0 Å². The maximum atomic E-state index is 10.1. The Morgan fingerprint density at radius 2 is 1.91 bits per heavy atom. The van der Waals surface area contributed by atoms with Crippen LogP contribution in [-0.4, -0.2) is 11.2 Å². The molecular weight excluding hydrogens is 282 g/mol. The van der Waals surface area contributed by atoms with Crippen LogP contribution in [0.5, 0.6) is 0 Å². The number of fused-ring (bicyclic) bond motifs is 5. The molecule has 0 aromatic heterocycles. The molecule has 124 valence electrons. The van der Waals surface area contributed by atoms with Gasteiger partial charge in [0.2, 0.25) is 0 Å². The molecule has 6 atom stereocenters. The Labute approximate surface area is 140 Å². The molecule has 0 aliphatic heterocycles. The van der Waals surface area contributed by atoms with Crippen molar-refractivity contribution < 1.29 is 5.11 Å². The Kier molecular flexibility index (Phi) is 3.50. The summed E-state index contributed by atoms with van der Waals surface area (Å²) < 4.78 is 0. The van der Waals surface area contributed by atoms with E-state index in [0.717, 1.165) is 43.4 Å². The van der Waals surface area contributed by atoms with Gasteiger partial charge in [-0.1, -0.05) is 31.1 Å². The molecule has 4 aliphatic carbocycles. The van der Waals surface area contributed by atoms with Gasteiger partial charge in [0.25, 0.3) is 0 Å². The minimum atomic E-state index is -0.114. The molecule has 3 fully saturated rings. The quantitative estimate of drug-likeness (QED) is 0.518. The molecule has 0 saturated heterocycles. The van der Waals surface area contributed by atoms with Gasteiger partial charge in [-0.2, -0.15) is 5.26 Å². The lowest BCUT2D eigenvalue weighted by molar-refractivity contribution is -0.0268. The largest absolute Gasteiger partial charge is 0.393 e. The smallest absolute Gasteiger partial charge is 0.0911 e. The van der Waals surface area contributed by atoms with Crippen molar-refractivity contribution in [3.63, 3.8) is 0 Å². The van der Waals surface area contributed by atoms with Crippen LogP contribution in [0.4, 0.5) is 0 Å². The topological polar surface area (TPSA) is 44.0 Å². The second-order valence-corrected chi connectivity index (χ2v) is 8.95. The Balaban J connectivity index is 1.68. The summed E-state index contributed by atoms with van der Waals surface area (Å²) in [6, 6.07) is 2.30. The van der Waals surface area contributed by atoms with Crippen LogP contribution in [0.15, 0.2) is 23.3 Å². The first kappa shape index (κ1) is 15.5. The molecule has 0 spiro atoms. The molecule has 0 amide bonds. The SMILES string of the molecule is C[C@]12CC[C@@H](O)CC1=CC[C@@H]1[C@@H]2CC[C@]2(C)/C(=C\C#N)CC[C@@H]12. The molecule has 0 aromatic carbocycles. The van der Waals surface area contributed by atoms with E-state index in [1.807, 2.05) is 6.08 Å². The summed E-state index contributed by atoms with van der Waals surface area (Å²) >= 11 is 0. The number of allylic oxidation sites excluding steroid dienone is 3. The van der Waals surface area contributed by atoms with Gasteiger partial charge in [-0.25, -0.2) is 0 Å². The highest BCUT2D eigenvalue weighted by Crippen LogP contribution is 2.66. The minimum Gasteiger partial charge on any atom is -0.393 e. The molecule has 4 rings (SSSR count). The van der Waals surface area contributed by atoms with E-state index in [-0.39, 0.29) is 11.5 Å². The summed E-state index contributed by atoms with van der Waals surface area (Å²) in [6.45, 7) is 4.90. The standard InChI is InChI=1S/C21H29NO/c1-20-11-8-19-17(18(20)6-4-14(20)9-12-22)5-3-15-13-16(23)7-10-21(15,19)2/h3,9,16-19,23H,4-8,10-11,13H2,1-2H3/b14-9-/t16-,17+,18+,19+,20-,21+/m1/s1. The van der Waals surface area contributed by atoms with Crippen molar-refractivity contribution in [3.05, 3.63) is 23.3 Å². The Bertz CT molecular complexity index is 612. The summed E-state index contributed by atoms with van der Waals surface area (Å²) in [4.78, 5) is 0. The fourth-order valence-corrected chi connectivity index (χ4v) is 6.80. The number of nitrogens with zero attached hydrogens (tertiary/aromatic N) is 1. The van der Waals surface area contributed by atoms with Crippen molar-refractivity contribution in [2.24, 2.45) is 28.6 Å². The third-order valence-electron chi connectivity index (χ3n) is 8.16. The number of rotatable bonds is 0. The number of aliphatic hydroxyl groups is 1. The predicted octanol–water partition coefficient (Wildman–Crippen LogP) is 4.76. The highest BCUT2D eigenvalue weighted by Gasteiger charge is 2.57. The molecule has 4 aliphatic rings. The van der Waals surface area contributed by atoms with Crippen LogP contribution in [0.3, 0.4) is 0 Å². The van der Waals surface area contributed by atoms with E-state index in [1.165, 1.54) is 31.3 Å². The molecule has 0 heterocycles. The van der Waals surface area contributed by atoms with Crippen molar-refractivity contribution >= 4 is 0 Å². The first-order valence-electron chi connectivity index (χ1n) is 9.46. The molecule has 0 unspecified atom stereocenters. The molecule has 2 heteroatoms. The summed E-state index contributed by atoms with van der Waals surface area (Å²) in [6.07, 6.45) is 13.4. The second-order valence-electron chi connectivity index (χ2n) is 8.95. The molecule has 0 aromatic rings. The molecule has 0 radical (unpaired) electrons. The fraction of sp³-hybridized carbons (Fsp3) is 0.762. The summed E-state index contributed by atoms with van der Waals surface area (Å²) in [5.74, 6) is 2.32. The van der Waals surface area contributed by atoms with Crippen molar-refractivity contribution in [1.82, 2.24) is 0 Å². The lowest BCUT2D eigenvalue weighted by atomic mass is 9.48. The van der Waals surface area contributed by atoms with Gasteiger partial charge in [0.15, 0.2) is 0 Å². The lowest BCUT2D eigenvalue weighted by Gasteiger charge is -2.57. The third kappa shape index (κ3) is 2.09. The van der Waals surface area contributed by atoms with Crippen molar-refractivity contribution in [2.75, 3.05) is 0 Å². The Morgan fingerprint density at radius 3 is 2.70 bits per heavy atom. The zero-order valence-electron chi connectivity index (χ0n) is 14.5. The fourth-order valence-electron chi connectivity index (χ4n) is 6.80. The summed E-state index contributed by atoms with van der Waals surface area (Å²) in [7, 11) is 0. The zero-order valence-corrected chi connectivity index (χ0v) is 14.5. The number of nitriles is 1.